The fraction of sp³-hybridized carbons (Fsp3) is 0.143. The number of rotatable bonds is 2. The zero-order valence-corrected chi connectivity index (χ0v) is 9.51. The summed E-state index contributed by atoms with van der Waals surface area (Å²) in [6, 6.07) is 10.9. The first-order valence-electron chi connectivity index (χ1n) is 5.36. The molecule has 3 nitrogen and oxygen atoms in total. The van der Waals surface area contributed by atoms with Gasteiger partial charge in [0, 0.05) is 12.0 Å². The Morgan fingerprint density at radius 2 is 1.71 bits per heavy atom. The molecule has 0 aliphatic heterocycles. The van der Waals surface area contributed by atoms with E-state index in [0.717, 1.165) is 11.1 Å². The Labute approximate surface area is 99.6 Å². The van der Waals surface area contributed by atoms with Crippen LogP contribution < -0.4 is 0 Å². The fourth-order valence-corrected chi connectivity index (χ4v) is 1.80. The van der Waals surface area contributed by atoms with Gasteiger partial charge in [0.05, 0.1) is 0 Å². The van der Waals surface area contributed by atoms with E-state index in [1.807, 2.05) is 31.2 Å². The predicted molar refractivity (Wildman–Crippen MR) is 65.4 cm³/mol. The van der Waals surface area contributed by atoms with Gasteiger partial charge in [-0.25, -0.2) is 0 Å². The molecule has 0 aliphatic carbocycles. The normalized spacial score (nSPS) is 10.4. The van der Waals surface area contributed by atoms with E-state index in [1.165, 1.54) is 6.07 Å². The molecule has 0 fully saturated rings. The van der Waals surface area contributed by atoms with E-state index in [2.05, 4.69) is 0 Å². The second-order valence-corrected chi connectivity index (χ2v) is 4.11. The van der Waals surface area contributed by atoms with E-state index >= 15 is 0 Å². The van der Waals surface area contributed by atoms with Crippen LogP contribution in [0, 0.1) is 6.92 Å². The largest absolute Gasteiger partial charge is 0.504 e. The van der Waals surface area contributed by atoms with Crippen LogP contribution in [-0.4, -0.2) is 15.3 Å². The average molecular weight is 230 g/mol. The van der Waals surface area contributed by atoms with Crippen LogP contribution in [-0.2, 0) is 6.42 Å². The monoisotopic (exact) mass is 230 g/mol. The Bertz CT molecular complexity index is 547. The first-order valence-corrected chi connectivity index (χ1v) is 5.36. The minimum atomic E-state index is -0.463. The molecule has 0 radical (unpaired) electrons. The molecule has 0 aliphatic rings. The van der Waals surface area contributed by atoms with Gasteiger partial charge in [0.1, 0.15) is 0 Å². The molecule has 2 aromatic carbocycles. The maximum absolute atomic E-state index is 9.70. The van der Waals surface area contributed by atoms with Crippen molar-refractivity contribution < 1.29 is 15.3 Å². The van der Waals surface area contributed by atoms with Crippen molar-refractivity contribution in [3.05, 3.63) is 53.1 Å². The second kappa shape index (κ2) is 4.37. The Kier molecular flexibility index (Phi) is 2.91. The molecule has 0 atom stereocenters. The molecule has 88 valence electrons. The van der Waals surface area contributed by atoms with Crippen LogP contribution in [0.5, 0.6) is 17.2 Å². The summed E-state index contributed by atoms with van der Waals surface area (Å²) in [5, 5.41) is 28.3. The summed E-state index contributed by atoms with van der Waals surface area (Å²) in [6.45, 7) is 2.00. The third kappa shape index (κ3) is 2.33. The Morgan fingerprint density at radius 1 is 0.941 bits per heavy atom. The van der Waals surface area contributed by atoms with Crippen LogP contribution in [0.2, 0.25) is 0 Å². The highest BCUT2D eigenvalue weighted by Crippen LogP contribution is 2.37. The minimum absolute atomic E-state index is 0.258. The minimum Gasteiger partial charge on any atom is -0.504 e. The summed E-state index contributed by atoms with van der Waals surface area (Å²) in [5.74, 6) is -1.03. The van der Waals surface area contributed by atoms with Crippen molar-refractivity contribution in [1.82, 2.24) is 0 Å². The van der Waals surface area contributed by atoms with Crippen LogP contribution in [0.15, 0.2) is 36.4 Å². The Hall–Kier alpha value is -2.16. The molecule has 17 heavy (non-hydrogen) atoms. The van der Waals surface area contributed by atoms with Crippen LogP contribution in [0.3, 0.4) is 0 Å². The molecule has 2 aromatic rings. The van der Waals surface area contributed by atoms with E-state index in [4.69, 9.17) is 0 Å². The lowest BCUT2D eigenvalue weighted by atomic mass is 10.0. The quantitative estimate of drug-likeness (QED) is 0.695. The predicted octanol–water partition coefficient (Wildman–Crippen LogP) is 2.70. The number of aryl methyl sites for hydroxylation is 1. The fourth-order valence-electron chi connectivity index (χ4n) is 1.80. The number of hydrogen-bond acceptors (Lipinski definition) is 3. The molecular weight excluding hydrogens is 216 g/mol. The summed E-state index contributed by atoms with van der Waals surface area (Å²) in [5.41, 5.74) is 2.78. The first kappa shape index (κ1) is 11.3. The van der Waals surface area contributed by atoms with Crippen molar-refractivity contribution in [3.63, 3.8) is 0 Å². The molecule has 0 spiro atoms. The van der Waals surface area contributed by atoms with Gasteiger partial charge >= 0.3 is 0 Å². The third-order valence-electron chi connectivity index (χ3n) is 2.69. The van der Waals surface area contributed by atoms with Crippen LogP contribution in [0.4, 0.5) is 0 Å². The molecule has 2 rings (SSSR count). The lowest BCUT2D eigenvalue weighted by Gasteiger charge is -2.08. The van der Waals surface area contributed by atoms with Crippen LogP contribution >= 0.6 is 0 Å². The number of hydrogen-bond donors (Lipinski definition) is 3. The van der Waals surface area contributed by atoms with Crippen molar-refractivity contribution in [2.75, 3.05) is 0 Å². The molecule has 0 unspecified atom stereocenters. The Balaban J connectivity index is 2.34. The van der Waals surface area contributed by atoms with Gasteiger partial charge in [-0.1, -0.05) is 35.9 Å². The van der Waals surface area contributed by atoms with E-state index in [0.29, 0.717) is 12.0 Å². The molecular formula is C14H14O3. The first-order chi connectivity index (χ1) is 8.08. The second-order valence-electron chi connectivity index (χ2n) is 4.11. The van der Waals surface area contributed by atoms with Gasteiger partial charge in [-0.15, -0.1) is 0 Å². The summed E-state index contributed by atoms with van der Waals surface area (Å²) in [4.78, 5) is 0. The lowest BCUT2D eigenvalue weighted by Crippen LogP contribution is -1.90. The van der Waals surface area contributed by atoms with Gasteiger partial charge in [0.2, 0.25) is 5.75 Å². The van der Waals surface area contributed by atoms with Gasteiger partial charge in [-0.3, -0.25) is 0 Å². The van der Waals surface area contributed by atoms with E-state index in [-0.39, 0.29) is 11.5 Å². The highest BCUT2D eigenvalue weighted by atomic mass is 16.3. The van der Waals surface area contributed by atoms with Crippen molar-refractivity contribution in [1.29, 1.82) is 0 Å². The maximum Gasteiger partial charge on any atom is 0.200 e. The SMILES string of the molecule is Cc1cccc(Cc2ccc(O)c(O)c2O)c1. The summed E-state index contributed by atoms with van der Waals surface area (Å²) >= 11 is 0. The van der Waals surface area contributed by atoms with Crippen molar-refractivity contribution in [2.45, 2.75) is 13.3 Å². The van der Waals surface area contributed by atoms with Crippen LogP contribution in [0.1, 0.15) is 16.7 Å². The molecule has 0 heterocycles. The molecule has 3 N–H and O–H groups in total. The molecule has 0 saturated heterocycles. The van der Waals surface area contributed by atoms with Gasteiger partial charge < -0.3 is 15.3 Å². The average Bonchev–Trinajstić information content (AvgIpc) is 2.30. The zero-order chi connectivity index (χ0) is 12.4. The van der Waals surface area contributed by atoms with Gasteiger partial charge in [-0.2, -0.15) is 0 Å². The molecule has 0 amide bonds. The van der Waals surface area contributed by atoms with E-state index < -0.39 is 5.75 Å². The van der Waals surface area contributed by atoms with Gasteiger partial charge in [0.25, 0.3) is 0 Å². The molecule has 3 heteroatoms. The topological polar surface area (TPSA) is 60.7 Å². The standard InChI is InChI=1S/C14H14O3/c1-9-3-2-4-10(7-9)8-11-5-6-12(15)14(17)13(11)16/h2-7,15-17H,8H2,1H3. The maximum atomic E-state index is 9.70. The number of benzene rings is 2. The van der Waals surface area contributed by atoms with E-state index in [1.54, 1.807) is 6.07 Å². The lowest BCUT2D eigenvalue weighted by molar-refractivity contribution is 0.365. The number of phenolic OH excluding ortho intramolecular Hbond substituents is 3. The smallest absolute Gasteiger partial charge is 0.200 e. The Morgan fingerprint density at radius 3 is 2.41 bits per heavy atom. The van der Waals surface area contributed by atoms with Gasteiger partial charge in [-0.05, 0) is 18.6 Å². The summed E-state index contributed by atoms with van der Waals surface area (Å²) in [7, 11) is 0. The molecule has 0 aromatic heterocycles. The number of phenols is 3. The highest BCUT2D eigenvalue weighted by Gasteiger charge is 2.11. The highest BCUT2D eigenvalue weighted by molar-refractivity contribution is 5.54. The third-order valence-corrected chi connectivity index (χ3v) is 2.69. The van der Waals surface area contributed by atoms with Crippen LogP contribution in [0.25, 0.3) is 0 Å². The summed E-state index contributed by atoms with van der Waals surface area (Å²) in [6.07, 6.45) is 0.515. The molecule has 0 saturated carbocycles. The number of aromatic hydroxyl groups is 3. The summed E-state index contributed by atoms with van der Waals surface area (Å²) < 4.78 is 0. The van der Waals surface area contributed by atoms with E-state index in [9.17, 15) is 15.3 Å². The molecule has 0 bridgehead atoms. The van der Waals surface area contributed by atoms with Crippen molar-refractivity contribution >= 4 is 0 Å². The zero-order valence-electron chi connectivity index (χ0n) is 9.51. The van der Waals surface area contributed by atoms with Crippen molar-refractivity contribution in [2.24, 2.45) is 0 Å². The van der Waals surface area contributed by atoms with Gasteiger partial charge in [0.15, 0.2) is 11.5 Å². The van der Waals surface area contributed by atoms with Crippen molar-refractivity contribution in [3.8, 4) is 17.2 Å².